The summed E-state index contributed by atoms with van der Waals surface area (Å²) in [6.45, 7) is 7.97. The monoisotopic (exact) mass is 476 g/mol. The first kappa shape index (κ1) is 21.7. The number of carbonyl (C=O) groups is 2. The first-order valence-electron chi connectivity index (χ1n) is 11.2. The van der Waals surface area contributed by atoms with E-state index in [9.17, 15) is 9.59 Å². The summed E-state index contributed by atoms with van der Waals surface area (Å²) >= 11 is 3.54. The topological polar surface area (TPSA) is 49.9 Å². The van der Waals surface area contributed by atoms with Crippen LogP contribution in [0, 0.1) is 5.41 Å². The Morgan fingerprint density at radius 1 is 0.867 bits per heavy atom. The number of hydrogen-bond acceptors (Lipinski definition) is 3. The minimum Gasteiger partial charge on any atom is -0.444 e. The van der Waals surface area contributed by atoms with Gasteiger partial charge in [0, 0.05) is 36.1 Å². The van der Waals surface area contributed by atoms with Crippen molar-refractivity contribution in [2.45, 2.75) is 70.3 Å². The average Bonchev–Trinajstić information content (AvgIpc) is 2.74. The molecule has 6 heteroatoms. The number of piperazine rings is 1. The molecule has 164 valence electrons. The SMILES string of the molecule is CC(C)(C)OC(=O)N1CCN(C(=O)C23CCC(c4ccc(Br)cc4)(CC2)CC3)CC1. The number of rotatable bonds is 2. The van der Waals surface area contributed by atoms with Crippen molar-refractivity contribution in [2.24, 2.45) is 5.41 Å². The zero-order chi connectivity index (χ0) is 21.6. The van der Waals surface area contributed by atoms with E-state index in [0.29, 0.717) is 32.1 Å². The predicted molar refractivity (Wildman–Crippen MR) is 120 cm³/mol. The summed E-state index contributed by atoms with van der Waals surface area (Å²) in [5.74, 6) is 0.315. The van der Waals surface area contributed by atoms with Crippen LogP contribution in [0.1, 0.15) is 64.9 Å². The van der Waals surface area contributed by atoms with Gasteiger partial charge in [0.2, 0.25) is 5.91 Å². The van der Waals surface area contributed by atoms with Crippen LogP contribution < -0.4 is 0 Å². The van der Waals surface area contributed by atoms with E-state index in [2.05, 4.69) is 40.2 Å². The molecular weight excluding hydrogens is 444 g/mol. The molecule has 0 aromatic heterocycles. The van der Waals surface area contributed by atoms with Crippen molar-refractivity contribution in [1.82, 2.24) is 9.80 Å². The fraction of sp³-hybridized carbons (Fsp3) is 0.667. The summed E-state index contributed by atoms with van der Waals surface area (Å²) in [5, 5.41) is 0. The second kappa shape index (κ2) is 7.85. The van der Waals surface area contributed by atoms with Gasteiger partial charge in [-0.15, -0.1) is 0 Å². The lowest BCUT2D eigenvalue weighted by Gasteiger charge is -2.54. The van der Waals surface area contributed by atoms with Crippen molar-refractivity contribution in [2.75, 3.05) is 26.2 Å². The van der Waals surface area contributed by atoms with Gasteiger partial charge in [-0.1, -0.05) is 28.1 Å². The number of carbonyl (C=O) groups excluding carboxylic acids is 2. The lowest BCUT2D eigenvalue weighted by atomic mass is 9.51. The number of fused-ring (bicyclic) bond motifs is 3. The van der Waals surface area contributed by atoms with Crippen LogP contribution in [0.2, 0.25) is 0 Å². The Bertz CT molecular complexity index is 782. The Labute approximate surface area is 188 Å². The van der Waals surface area contributed by atoms with E-state index in [4.69, 9.17) is 4.74 Å². The molecule has 3 saturated carbocycles. The molecule has 2 bridgehead atoms. The van der Waals surface area contributed by atoms with Crippen LogP contribution in [0.5, 0.6) is 0 Å². The van der Waals surface area contributed by atoms with Crippen LogP contribution in [0.3, 0.4) is 0 Å². The van der Waals surface area contributed by atoms with Gasteiger partial charge in [0.15, 0.2) is 0 Å². The lowest BCUT2D eigenvalue weighted by molar-refractivity contribution is -0.151. The second-order valence-corrected chi connectivity index (χ2v) is 11.2. The Morgan fingerprint density at radius 2 is 1.37 bits per heavy atom. The number of amides is 2. The fourth-order valence-corrected chi connectivity index (χ4v) is 5.76. The number of nitrogens with zero attached hydrogens (tertiary/aromatic N) is 2. The summed E-state index contributed by atoms with van der Waals surface area (Å²) in [5.41, 5.74) is 0.996. The third-order valence-corrected chi connectivity index (χ3v) is 7.90. The first-order chi connectivity index (χ1) is 14.1. The molecular formula is C24H33BrN2O3. The van der Waals surface area contributed by atoms with Gasteiger partial charge >= 0.3 is 6.09 Å². The smallest absolute Gasteiger partial charge is 0.410 e. The lowest BCUT2D eigenvalue weighted by Crippen LogP contribution is -2.57. The molecule has 30 heavy (non-hydrogen) atoms. The third-order valence-electron chi connectivity index (χ3n) is 7.38. The van der Waals surface area contributed by atoms with E-state index >= 15 is 0 Å². The number of halogens is 1. The zero-order valence-corrected chi connectivity index (χ0v) is 20.0. The van der Waals surface area contributed by atoms with Gasteiger partial charge in [0.1, 0.15) is 5.60 Å². The van der Waals surface area contributed by atoms with Gasteiger partial charge in [-0.2, -0.15) is 0 Å². The number of hydrogen-bond donors (Lipinski definition) is 0. The Kier molecular flexibility index (Phi) is 5.67. The second-order valence-electron chi connectivity index (χ2n) is 10.3. The van der Waals surface area contributed by atoms with Gasteiger partial charge < -0.3 is 14.5 Å². The maximum atomic E-state index is 13.5. The van der Waals surface area contributed by atoms with Crippen molar-refractivity contribution in [3.63, 3.8) is 0 Å². The standard InChI is InChI=1S/C24H33BrN2O3/c1-22(2,3)30-21(29)27-16-14-26(15-17-27)20(28)24-11-8-23(9-12-24,10-13-24)18-4-6-19(25)7-5-18/h4-7H,8-17H2,1-3H3. The van der Waals surface area contributed by atoms with E-state index in [1.54, 1.807) is 4.90 Å². The molecule has 0 unspecified atom stereocenters. The van der Waals surface area contributed by atoms with Gasteiger partial charge in [-0.3, -0.25) is 4.79 Å². The minimum absolute atomic E-state index is 0.189. The fourth-order valence-electron chi connectivity index (χ4n) is 5.50. The maximum Gasteiger partial charge on any atom is 0.410 e. The predicted octanol–water partition coefficient (Wildman–Crippen LogP) is 5.12. The molecule has 0 N–H and O–H groups in total. The average molecular weight is 477 g/mol. The summed E-state index contributed by atoms with van der Waals surface area (Å²) in [6, 6.07) is 8.77. The Hall–Kier alpha value is -1.56. The van der Waals surface area contributed by atoms with Crippen molar-refractivity contribution in [3.05, 3.63) is 34.3 Å². The Morgan fingerprint density at radius 3 is 1.87 bits per heavy atom. The third kappa shape index (κ3) is 4.12. The number of ether oxygens (including phenoxy) is 1. The van der Waals surface area contributed by atoms with Gasteiger partial charge in [-0.05, 0) is 82.4 Å². The van der Waals surface area contributed by atoms with Crippen molar-refractivity contribution in [3.8, 4) is 0 Å². The molecule has 5 nitrogen and oxygen atoms in total. The van der Waals surface area contributed by atoms with Gasteiger partial charge in [0.25, 0.3) is 0 Å². The van der Waals surface area contributed by atoms with E-state index in [1.165, 1.54) is 5.56 Å². The molecule has 1 saturated heterocycles. The molecule has 1 aromatic rings. The van der Waals surface area contributed by atoms with E-state index in [0.717, 1.165) is 43.0 Å². The van der Waals surface area contributed by atoms with Crippen LogP contribution in [0.25, 0.3) is 0 Å². The summed E-state index contributed by atoms with van der Waals surface area (Å²) < 4.78 is 6.59. The van der Waals surface area contributed by atoms with Gasteiger partial charge in [0.05, 0.1) is 0 Å². The molecule has 5 rings (SSSR count). The molecule has 0 atom stereocenters. The van der Waals surface area contributed by atoms with Gasteiger partial charge in [-0.25, -0.2) is 4.79 Å². The van der Waals surface area contributed by atoms with Crippen LogP contribution in [-0.2, 0) is 14.9 Å². The first-order valence-corrected chi connectivity index (χ1v) is 12.0. The minimum atomic E-state index is -0.492. The highest BCUT2D eigenvalue weighted by Crippen LogP contribution is 2.58. The molecule has 1 aromatic carbocycles. The quantitative estimate of drug-likeness (QED) is 0.594. The van der Waals surface area contributed by atoms with Crippen LogP contribution in [0.4, 0.5) is 4.79 Å². The van der Waals surface area contributed by atoms with Crippen molar-refractivity contribution >= 4 is 27.9 Å². The summed E-state index contributed by atoms with van der Waals surface area (Å²) in [4.78, 5) is 29.5. The molecule has 1 aliphatic heterocycles. The molecule has 1 heterocycles. The molecule has 4 fully saturated rings. The molecule has 3 aliphatic carbocycles. The van der Waals surface area contributed by atoms with Crippen molar-refractivity contribution in [1.29, 1.82) is 0 Å². The van der Waals surface area contributed by atoms with E-state index < -0.39 is 5.60 Å². The van der Waals surface area contributed by atoms with Crippen LogP contribution in [-0.4, -0.2) is 53.6 Å². The molecule has 4 aliphatic rings. The molecule has 2 amide bonds. The summed E-state index contributed by atoms with van der Waals surface area (Å²) in [6.07, 6.45) is 5.95. The highest BCUT2D eigenvalue weighted by Gasteiger charge is 2.54. The van der Waals surface area contributed by atoms with E-state index in [1.807, 2.05) is 25.7 Å². The van der Waals surface area contributed by atoms with Crippen LogP contribution in [0.15, 0.2) is 28.7 Å². The largest absolute Gasteiger partial charge is 0.444 e. The highest BCUT2D eigenvalue weighted by molar-refractivity contribution is 9.10. The summed E-state index contributed by atoms with van der Waals surface area (Å²) in [7, 11) is 0. The maximum absolute atomic E-state index is 13.5. The van der Waals surface area contributed by atoms with E-state index in [-0.39, 0.29) is 16.9 Å². The normalized spacial score (nSPS) is 29.1. The number of benzene rings is 1. The molecule has 0 radical (unpaired) electrons. The van der Waals surface area contributed by atoms with Crippen molar-refractivity contribution < 1.29 is 14.3 Å². The van der Waals surface area contributed by atoms with Crippen LogP contribution >= 0.6 is 15.9 Å². The molecule has 0 spiro atoms. The highest BCUT2D eigenvalue weighted by atomic mass is 79.9. The zero-order valence-electron chi connectivity index (χ0n) is 18.4. The Balaban J connectivity index is 1.36.